The lowest BCUT2D eigenvalue weighted by atomic mass is 10.1. The standard InChI is InChI=1S/C23H34N6/c1-24-23(29-14-11-19(17-29)28-12-7-4-8-13-28)25-16-18-15-22(27(2)3)26-21-10-6-5-9-20(18)21/h5-6,9-10,15,19H,4,7-8,11-14,16-17H2,1-3H3,(H,24,25). The highest BCUT2D eigenvalue weighted by atomic mass is 15.3. The van der Waals surface area contributed by atoms with Gasteiger partial charge in [-0.2, -0.15) is 0 Å². The number of guanidine groups is 1. The molecule has 1 atom stereocenters. The van der Waals surface area contributed by atoms with Crippen LogP contribution in [0.3, 0.4) is 0 Å². The van der Waals surface area contributed by atoms with E-state index < -0.39 is 0 Å². The Morgan fingerprint density at radius 1 is 1.17 bits per heavy atom. The number of piperidine rings is 1. The Hall–Kier alpha value is -2.34. The first-order valence-electron chi connectivity index (χ1n) is 10.9. The second-order valence-electron chi connectivity index (χ2n) is 8.44. The van der Waals surface area contributed by atoms with Gasteiger partial charge in [-0.3, -0.25) is 9.89 Å². The Morgan fingerprint density at radius 3 is 2.72 bits per heavy atom. The molecule has 2 aliphatic rings. The highest BCUT2D eigenvalue weighted by Crippen LogP contribution is 2.23. The molecule has 29 heavy (non-hydrogen) atoms. The summed E-state index contributed by atoms with van der Waals surface area (Å²) in [5.74, 6) is 2.00. The minimum Gasteiger partial charge on any atom is -0.363 e. The van der Waals surface area contributed by atoms with Gasteiger partial charge in [0.2, 0.25) is 0 Å². The van der Waals surface area contributed by atoms with Gasteiger partial charge in [-0.15, -0.1) is 0 Å². The Balaban J connectivity index is 1.45. The molecule has 1 aromatic carbocycles. The van der Waals surface area contributed by atoms with Gasteiger partial charge in [-0.05, 0) is 50.0 Å². The molecule has 2 fully saturated rings. The van der Waals surface area contributed by atoms with E-state index in [9.17, 15) is 0 Å². The van der Waals surface area contributed by atoms with Gasteiger partial charge in [0.15, 0.2) is 5.96 Å². The van der Waals surface area contributed by atoms with Crippen molar-refractivity contribution >= 4 is 22.7 Å². The molecule has 6 nitrogen and oxygen atoms in total. The summed E-state index contributed by atoms with van der Waals surface area (Å²) in [5, 5.41) is 4.82. The van der Waals surface area contributed by atoms with Crippen LogP contribution in [0.15, 0.2) is 35.3 Å². The molecule has 3 heterocycles. The average Bonchev–Trinajstić information content (AvgIpc) is 3.24. The molecule has 1 aromatic heterocycles. The number of rotatable bonds is 4. The zero-order valence-corrected chi connectivity index (χ0v) is 18.1. The van der Waals surface area contributed by atoms with Crippen LogP contribution in [0.2, 0.25) is 0 Å². The maximum absolute atomic E-state index is 4.77. The van der Waals surface area contributed by atoms with Crippen LogP contribution in [0.25, 0.3) is 10.9 Å². The minimum absolute atomic E-state index is 0.677. The Morgan fingerprint density at radius 2 is 1.97 bits per heavy atom. The molecule has 0 aliphatic carbocycles. The van der Waals surface area contributed by atoms with Crippen LogP contribution in [-0.4, -0.2) is 74.1 Å². The molecule has 1 N–H and O–H groups in total. The number of likely N-dealkylation sites (tertiary alicyclic amines) is 2. The maximum atomic E-state index is 4.77. The van der Waals surface area contributed by atoms with Gasteiger partial charge in [-0.1, -0.05) is 24.6 Å². The molecule has 2 aromatic rings. The third-order valence-corrected chi connectivity index (χ3v) is 6.27. The molecule has 2 aliphatic heterocycles. The van der Waals surface area contributed by atoms with Crippen LogP contribution >= 0.6 is 0 Å². The number of hydrogen-bond acceptors (Lipinski definition) is 4. The van der Waals surface area contributed by atoms with E-state index >= 15 is 0 Å². The molecule has 0 radical (unpaired) electrons. The van der Waals surface area contributed by atoms with Gasteiger partial charge in [0, 0.05) is 52.2 Å². The first-order chi connectivity index (χ1) is 14.2. The molecule has 1 unspecified atom stereocenters. The predicted octanol–water partition coefficient (Wildman–Crippen LogP) is 2.94. The highest BCUT2D eigenvalue weighted by Gasteiger charge is 2.30. The lowest BCUT2D eigenvalue weighted by Gasteiger charge is -2.32. The first-order valence-corrected chi connectivity index (χ1v) is 10.9. The van der Waals surface area contributed by atoms with E-state index in [2.05, 4.69) is 55.3 Å². The van der Waals surface area contributed by atoms with Crippen molar-refractivity contribution in [1.82, 2.24) is 20.1 Å². The number of nitrogens with one attached hydrogen (secondary N) is 1. The summed E-state index contributed by atoms with van der Waals surface area (Å²) in [7, 11) is 5.98. The highest BCUT2D eigenvalue weighted by molar-refractivity contribution is 5.85. The summed E-state index contributed by atoms with van der Waals surface area (Å²) < 4.78 is 0. The quantitative estimate of drug-likeness (QED) is 0.638. The van der Waals surface area contributed by atoms with E-state index in [4.69, 9.17) is 4.98 Å². The lowest BCUT2D eigenvalue weighted by molar-refractivity contribution is 0.168. The lowest BCUT2D eigenvalue weighted by Crippen LogP contribution is -2.44. The monoisotopic (exact) mass is 394 g/mol. The molecule has 0 spiro atoms. The molecule has 4 rings (SSSR count). The van der Waals surface area contributed by atoms with Crippen molar-refractivity contribution in [3.63, 3.8) is 0 Å². The van der Waals surface area contributed by atoms with Gasteiger partial charge >= 0.3 is 0 Å². The van der Waals surface area contributed by atoms with Crippen molar-refractivity contribution in [2.24, 2.45) is 4.99 Å². The second-order valence-corrected chi connectivity index (χ2v) is 8.44. The van der Waals surface area contributed by atoms with Gasteiger partial charge in [0.25, 0.3) is 0 Å². The van der Waals surface area contributed by atoms with Gasteiger partial charge in [0.05, 0.1) is 5.52 Å². The number of anilines is 1. The summed E-state index contributed by atoms with van der Waals surface area (Å²) in [6.45, 7) is 5.45. The SMILES string of the molecule is CN=C(NCc1cc(N(C)C)nc2ccccc12)N1CCC(N2CCCCC2)C1. The van der Waals surface area contributed by atoms with Crippen molar-refractivity contribution in [2.45, 2.75) is 38.3 Å². The Kier molecular flexibility index (Phi) is 6.19. The minimum atomic E-state index is 0.677. The van der Waals surface area contributed by atoms with Crippen molar-refractivity contribution in [3.05, 3.63) is 35.9 Å². The first kappa shape index (κ1) is 20.0. The molecule has 156 valence electrons. The van der Waals surface area contributed by atoms with Crippen LogP contribution < -0.4 is 10.2 Å². The van der Waals surface area contributed by atoms with Crippen LogP contribution in [0, 0.1) is 0 Å². The van der Waals surface area contributed by atoms with Gasteiger partial charge in [-0.25, -0.2) is 4.98 Å². The van der Waals surface area contributed by atoms with Crippen LogP contribution in [-0.2, 0) is 6.54 Å². The zero-order valence-electron chi connectivity index (χ0n) is 18.1. The number of benzene rings is 1. The van der Waals surface area contributed by atoms with E-state index in [-0.39, 0.29) is 0 Å². The Bertz CT molecular complexity index is 856. The van der Waals surface area contributed by atoms with Gasteiger partial charge in [0.1, 0.15) is 5.82 Å². The van der Waals surface area contributed by atoms with E-state index in [1.165, 1.54) is 49.7 Å². The van der Waals surface area contributed by atoms with Crippen LogP contribution in [0.5, 0.6) is 0 Å². The molecule has 0 bridgehead atoms. The number of nitrogens with zero attached hydrogens (tertiary/aromatic N) is 5. The van der Waals surface area contributed by atoms with Crippen molar-refractivity contribution in [2.75, 3.05) is 52.2 Å². The fraction of sp³-hybridized carbons (Fsp3) is 0.565. The smallest absolute Gasteiger partial charge is 0.193 e. The number of pyridine rings is 1. The third kappa shape index (κ3) is 4.47. The fourth-order valence-electron chi connectivity index (χ4n) is 4.63. The summed E-state index contributed by atoms with van der Waals surface area (Å²) in [4.78, 5) is 16.5. The molecular weight excluding hydrogens is 360 g/mol. The normalized spacial score (nSPS) is 21.0. The maximum Gasteiger partial charge on any atom is 0.193 e. The predicted molar refractivity (Wildman–Crippen MR) is 122 cm³/mol. The number of fused-ring (bicyclic) bond motifs is 1. The van der Waals surface area contributed by atoms with Crippen LogP contribution in [0.4, 0.5) is 5.82 Å². The number of aromatic nitrogens is 1. The van der Waals surface area contributed by atoms with Crippen molar-refractivity contribution < 1.29 is 0 Å². The average molecular weight is 395 g/mol. The molecule has 0 saturated carbocycles. The largest absolute Gasteiger partial charge is 0.363 e. The van der Waals surface area contributed by atoms with E-state index in [0.717, 1.165) is 36.9 Å². The molecule has 6 heteroatoms. The topological polar surface area (TPSA) is 47.0 Å². The molecule has 2 saturated heterocycles. The number of hydrogen-bond donors (Lipinski definition) is 1. The second kappa shape index (κ2) is 8.99. The van der Waals surface area contributed by atoms with E-state index in [1.807, 2.05) is 21.1 Å². The number of aliphatic imine (C=N–C) groups is 1. The van der Waals surface area contributed by atoms with E-state index in [1.54, 1.807) is 0 Å². The third-order valence-electron chi connectivity index (χ3n) is 6.27. The Labute approximate surface area is 174 Å². The molecule has 0 amide bonds. The molecular formula is C23H34N6. The fourth-order valence-corrected chi connectivity index (χ4v) is 4.63. The van der Waals surface area contributed by atoms with E-state index in [0.29, 0.717) is 6.04 Å². The summed E-state index contributed by atoms with van der Waals surface area (Å²) in [6, 6.07) is 11.2. The summed E-state index contributed by atoms with van der Waals surface area (Å²) >= 11 is 0. The summed E-state index contributed by atoms with van der Waals surface area (Å²) in [5.41, 5.74) is 2.30. The van der Waals surface area contributed by atoms with Crippen LogP contribution in [0.1, 0.15) is 31.2 Å². The summed E-state index contributed by atoms with van der Waals surface area (Å²) in [6.07, 6.45) is 5.34. The van der Waals surface area contributed by atoms with Crippen molar-refractivity contribution in [1.29, 1.82) is 0 Å². The van der Waals surface area contributed by atoms with Crippen molar-refractivity contribution in [3.8, 4) is 0 Å². The zero-order chi connectivity index (χ0) is 20.2. The van der Waals surface area contributed by atoms with Gasteiger partial charge < -0.3 is 15.1 Å². The number of para-hydroxylation sites is 1.